The molecule has 1 saturated carbocycles. The standard InChI is InChI=1S/C27H40Cl2F3NO5SSi/c1-15(2)40(16(3)4,17(5)6)38-19-9-7-18(8-10-19)24(21-11-12-33-26(21)34)25-22(28)13-20(14-23(25)29)37-39(35,36)27(30,31)32/h13-19,21,24H,7-12H2,1-6H3,(H,33,34)/t18?,19?,21?,24-/m1/s1. The molecule has 13 heteroatoms. The first kappa shape index (κ1) is 33.5. The number of benzene rings is 1. The summed E-state index contributed by atoms with van der Waals surface area (Å²) in [6, 6.07) is 2.04. The van der Waals surface area contributed by atoms with Crippen LogP contribution in [0.5, 0.6) is 5.75 Å². The topological polar surface area (TPSA) is 81.7 Å². The van der Waals surface area contributed by atoms with Crippen molar-refractivity contribution in [2.45, 2.75) is 108 Å². The van der Waals surface area contributed by atoms with Crippen molar-refractivity contribution in [3.05, 3.63) is 27.7 Å². The van der Waals surface area contributed by atoms with E-state index in [1.807, 2.05) is 0 Å². The van der Waals surface area contributed by atoms with E-state index in [0.29, 0.717) is 35.2 Å². The molecule has 1 amide bonds. The van der Waals surface area contributed by atoms with Crippen LogP contribution in [0.25, 0.3) is 0 Å². The Morgan fingerprint density at radius 1 is 0.925 bits per heavy atom. The fourth-order valence-electron chi connectivity index (χ4n) is 7.09. The number of nitrogens with one attached hydrogen (secondary N) is 1. The van der Waals surface area contributed by atoms with Gasteiger partial charge in [-0.05, 0) is 60.2 Å². The predicted octanol–water partition coefficient (Wildman–Crippen LogP) is 8.19. The van der Waals surface area contributed by atoms with Gasteiger partial charge in [0, 0.05) is 46.7 Å². The maximum atomic E-state index is 12.9. The Bertz CT molecular complexity index is 1130. The van der Waals surface area contributed by atoms with E-state index in [9.17, 15) is 26.4 Å². The Kier molecular flexibility index (Phi) is 10.6. The zero-order valence-corrected chi connectivity index (χ0v) is 27.1. The van der Waals surface area contributed by atoms with Crippen molar-refractivity contribution in [1.29, 1.82) is 0 Å². The lowest BCUT2D eigenvalue weighted by atomic mass is 9.70. The second-order valence-electron chi connectivity index (χ2n) is 12.0. The fourth-order valence-corrected chi connectivity index (χ4v) is 13.9. The Morgan fingerprint density at radius 3 is 1.82 bits per heavy atom. The molecule has 1 unspecified atom stereocenters. The summed E-state index contributed by atoms with van der Waals surface area (Å²) in [7, 11) is -7.97. The maximum Gasteiger partial charge on any atom is 0.534 e. The highest BCUT2D eigenvalue weighted by Crippen LogP contribution is 2.50. The third kappa shape index (κ3) is 6.79. The van der Waals surface area contributed by atoms with E-state index in [1.54, 1.807) is 0 Å². The molecule has 40 heavy (non-hydrogen) atoms. The molecule has 0 aromatic heterocycles. The quantitative estimate of drug-likeness (QED) is 0.158. The van der Waals surface area contributed by atoms with Crippen LogP contribution < -0.4 is 9.50 Å². The molecule has 2 atom stereocenters. The first-order valence-corrected chi connectivity index (χ1v) is 18.2. The summed E-state index contributed by atoms with van der Waals surface area (Å²) in [5.41, 5.74) is -3.79. The minimum absolute atomic E-state index is 0.0302. The van der Waals surface area contributed by atoms with Gasteiger partial charge in [0.1, 0.15) is 5.75 Å². The van der Waals surface area contributed by atoms with Crippen molar-refractivity contribution >= 4 is 47.5 Å². The van der Waals surface area contributed by atoms with E-state index >= 15 is 0 Å². The van der Waals surface area contributed by atoms with Crippen molar-refractivity contribution in [3.8, 4) is 5.75 Å². The van der Waals surface area contributed by atoms with Crippen molar-refractivity contribution in [2.75, 3.05) is 6.54 Å². The van der Waals surface area contributed by atoms with Gasteiger partial charge in [0.25, 0.3) is 0 Å². The number of carbonyl (C=O) groups is 1. The van der Waals surface area contributed by atoms with Crippen LogP contribution in [0.1, 0.15) is 85.1 Å². The number of halogens is 5. The van der Waals surface area contributed by atoms with Gasteiger partial charge in [-0.3, -0.25) is 4.79 Å². The van der Waals surface area contributed by atoms with Crippen LogP contribution in [0, 0.1) is 11.8 Å². The summed E-state index contributed by atoms with van der Waals surface area (Å²) in [5.74, 6) is -1.54. The highest BCUT2D eigenvalue weighted by atomic mass is 35.5. The minimum atomic E-state index is -5.89. The van der Waals surface area contributed by atoms with Gasteiger partial charge in [-0.1, -0.05) is 64.7 Å². The molecule has 0 radical (unpaired) electrons. The fraction of sp³-hybridized carbons (Fsp3) is 0.741. The van der Waals surface area contributed by atoms with Crippen LogP contribution in [0.3, 0.4) is 0 Å². The van der Waals surface area contributed by atoms with Crippen molar-refractivity contribution in [3.63, 3.8) is 0 Å². The van der Waals surface area contributed by atoms with Crippen LogP contribution in [-0.4, -0.2) is 40.8 Å². The molecule has 1 aliphatic carbocycles. The molecular formula is C27H40Cl2F3NO5SSi. The van der Waals surface area contributed by atoms with Crippen molar-refractivity contribution in [2.24, 2.45) is 11.8 Å². The van der Waals surface area contributed by atoms with Gasteiger partial charge in [0.15, 0.2) is 0 Å². The Labute approximate surface area is 246 Å². The highest BCUT2D eigenvalue weighted by Gasteiger charge is 2.50. The third-order valence-electron chi connectivity index (χ3n) is 8.70. The van der Waals surface area contributed by atoms with E-state index < -0.39 is 35.6 Å². The van der Waals surface area contributed by atoms with Crippen LogP contribution in [-0.2, 0) is 19.3 Å². The summed E-state index contributed by atoms with van der Waals surface area (Å²) in [4.78, 5) is 12.9. The van der Waals surface area contributed by atoms with Gasteiger partial charge in [-0.25, -0.2) is 0 Å². The summed E-state index contributed by atoms with van der Waals surface area (Å²) in [6.07, 6.45) is 3.85. The third-order valence-corrected chi connectivity index (χ3v) is 16.5. The molecule has 1 heterocycles. The van der Waals surface area contributed by atoms with Gasteiger partial charge in [0.2, 0.25) is 14.2 Å². The molecule has 2 fully saturated rings. The van der Waals surface area contributed by atoms with Gasteiger partial charge >= 0.3 is 15.6 Å². The zero-order valence-electron chi connectivity index (χ0n) is 23.8. The highest BCUT2D eigenvalue weighted by molar-refractivity contribution is 7.88. The molecule has 228 valence electrons. The molecule has 1 aromatic rings. The van der Waals surface area contributed by atoms with E-state index in [1.165, 1.54) is 0 Å². The Morgan fingerprint density at radius 2 is 1.43 bits per heavy atom. The van der Waals surface area contributed by atoms with Crippen LogP contribution in [0.15, 0.2) is 12.1 Å². The predicted molar refractivity (Wildman–Crippen MR) is 154 cm³/mol. The first-order chi connectivity index (χ1) is 18.4. The van der Waals surface area contributed by atoms with E-state index in [4.69, 9.17) is 27.6 Å². The summed E-state index contributed by atoms with van der Waals surface area (Å²) < 4.78 is 72.9. The molecule has 1 saturated heterocycles. The number of hydrogen-bond acceptors (Lipinski definition) is 5. The van der Waals surface area contributed by atoms with Crippen molar-refractivity contribution in [1.82, 2.24) is 5.32 Å². The van der Waals surface area contributed by atoms with Crippen LogP contribution in [0.4, 0.5) is 13.2 Å². The molecule has 1 aromatic carbocycles. The smallest absolute Gasteiger partial charge is 0.413 e. The minimum Gasteiger partial charge on any atom is -0.413 e. The molecule has 2 aliphatic rings. The number of alkyl halides is 3. The van der Waals surface area contributed by atoms with Crippen molar-refractivity contribution < 1.29 is 35.0 Å². The molecule has 0 bridgehead atoms. The van der Waals surface area contributed by atoms with Crippen LogP contribution >= 0.6 is 23.2 Å². The van der Waals surface area contributed by atoms with E-state index in [2.05, 4.69) is 51.0 Å². The molecule has 6 nitrogen and oxygen atoms in total. The maximum absolute atomic E-state index is 12.9. The van der Waals surface area contributed by atoms with E-state index in [-0.39, 0.29) is 33.9 Å². The monoisotopic (exact) mass is 645 g/mol. The molecule has 1 N–H and O–H groups in total. The lowest BCUT2D eigenvalue weighted by molar-refractivity contribution is -0.123. The summed E-state index contributed by atoms with van der Waals surface area (Å²) in [6.45, 7) is 14.0. The largest absolute Gasteiger partial charge is 0.534 e. The van der Waals surface area contributed by atoms with Gasteiger partial charge in [0.05, 0.1) is 0 Å². The lowest BCUT2D eigenvalue weighted by Crippen LogP contribution is -2.50. The average Bonchev–Trinajstić information content (AvgIpc) is 3.24. The molecule has 1 aliphatic heterocycles. The normalized spacial score (nSPS) is 23.6. The number of amides is 1. The molecular weight excluding hydrogens is 606 g/mol. The molecule has 0 spiro atoms. The number of rotatable bonds is 10. The molecule has 3 rings (SSSR count). The van der Waals surface area contributed by atoms with Gasteiger partial charge in [-0.15, -0.1) is 0 Å². The zero-order chi connectivity index (χ0) is 30.2. The van der Waals surface area contributed by atoms with Gasteiger partial charge < -0.3 is 13.9 Å². The van der Waals surface area contributed by atoms with E-state index in [0.717, 1.165) is 37.8 Å². The van der Waals surface area contributed by atoms with Gasteiger partial charge in [-0.2, -0.15) is 21.6 Å². The SMILES string of the molecule is CC(C)[Si](OC1CCC([C@@H](c2c(Cl)cc(OS(=O)(=O)C(F)(F)F)cc2Cl)C2CCNC2=O)CC1)(C(C)C)C(C)C. The Balaban J connectivity index is 1.90. The number of hydrogen-bond donors (Lipinski definition) is 1. The average molecular weight is 647 g/mol. The summed E-state index contributed by atoms with van der Waals surface area (Å²) >= 11 is 13.1. The summed E-state index contributed by atoms with van der Waals surface area (Å²) in [5, 5.41) is 2.79. The first-order valence-electron chi connectivity index (χ1n) is 13.9. The van der Waals surface area contributed by atoms with Crippen LogP contribution in [0.2, 0.25) is 26.7 Å². The lowest BCUT2D eigenvalue weighted by Gasteiger charge is -2.46. The second-order valence-corrected chi connectivity index (χ2v) is 19.7. The number of carbonyl (C=O) groups excluding carboxylic acids is 1. The Hall–Kier alpha value is -1.01. The second kappa shape index (κ2) is 12.7.